The first-order valence-electron chi connectivity index (χ1n) is 6.96. The van der Waals surface area contributed by atoms with Crippen LogP contribution in [0.3, 0.4) is 0 Å². The highest BCUT2D eigenvalue weighted by Crippen LogP contribution is 2.38. The van der Waals surface area contributed by atoms with Crippen molar-refractivity contribution < 1.29 is 14.7 Å². The first kappa shape index (κ1) is 17.1. The summed E-state index contributed by atoms with van der Waals surface area (Å²) in [5, 5.41) is 12.4. The molecule has 2 amide bonds. The Labute approximate surface area is 125 Å². The quantitative estimate of drug-likeness (QED) is 0.817. The molecule has 20 heavy (non-hydrogen) atoms. The zero-order valence-corrected chi connectivity index (χ0v) is 13.8. The molecule has 0 radical (unpaired) electrons. The van der Waals surface area contributed by atoms with E-state index in [1.165, 1.54) is 0 Å². The minimum Gasteiger partial charge on any atom is -0.481 e. The number of likely N-dealkylation sites (tertiary alicyclic amines) is 1. The molecule has 1 heterocycles. The van der Waals surface area contributed by atoms with E-state index in [9.17, 15) is 14.7 Å². The van der Waals surface area contributed by atoms with Gasteiger partial charge in [-0.15, -0.1) is 0 Å². The molecule has 5 nitrogen and oxygen atoms in total. The fourth-order valence-corrected chi connectivity index (χ4v) is 2.59. The number of hydrogen-bond donors (Lipinski definition) is 2. The van der Waals surface area contributed by atoms with E-state index in [0.29, 0.717) is 26.1 Å². The lowest BCUT2D eigenvalue weighted by atomic mass is 9.76. The van der Waals surface area contributed by atoms with Crippen molar-refractivity contribution in [3.63, 3.8) is 0 Å². The molecular formula is C14H26N2O3S. The number of hydrogen-bond acceptors (Lipinski definition) is 3. The van der Waals surface area contributed by atoms with Gasteiger partial charge in [0.05, 0.1) is 5.41 Å². The van der Waals surface area contributed by atoms with Crippen LogP contribution in [-0.4, -0.2) is 52.6 Å². The van der Waals surface area contributed by atoms with E-state index < -0.39 is 11.4 Å². The van der Waals surface area contributed by atoms with E-state index >= 15 is 0 Å². The Bertz CT molecular complexity index is 385. The molecule has 0 bridgehead atoms. The number of thioether (sulfide) groups is 1. The highest BCUT2D eigenvalue weighted by Gasteiger charge is 2.48. The summed E-state index contributed by atoms with van der Waals surface area (Å²) in [5.41, 5.74) is -0.799. The minimum absolute atomic E-state index is 0.0143. The second-order valence-electron chi connectivity index (χ2n) is 6.41. The number of nitrogens with one attached hydrogen (secondary N) is 1. The van der Waals surface area contributed by atoms with Gasteiger partial charge >= 0.3 is 12.0 Å². The Hall–Kier alpha value is -0.910. The van der Waals surface area contributed by atoms with Crippen LogP contribution >= 0.6 is 11.8 Å². The zero-order chi connectivity index (χ0) is 15.6. The van der Waals surface area contributed by atoms with E-state index in [2.05, 4.69) is 19.2 Å². The Morgan fingerprint density at radius 1 is 1.45 bits per heavy atom. The Morgan fingerprint density at radius 3 is 2.45 bits per heavy atom. The van der Waals surface area contributed by atoms with Gasteiger partial charge in [0.25, 0.3) is 0 Å². The maximum atomic E-state index is 12.2. The van der Waals surface area contributed by atoms with Crippen LogP contribution in [0.15, 0.2) is 0 Å². The van der Waals surface area contributed by atoms with Gasteiger partial charge in [-0.05, 0) is 32.4 Å². The van der Waals surface area contributed by atoms with Crippen LogP contribution < -0.4 is 5.32 Å². The van der Waals surface area contributed by atoms with Crippen molar-refractivity contribution in [2.75, 3.05) is 25.9 Å². The maximum Gasteiger partial charge on any atom is 0.317 e. The molecule has 1 aliphatic heterocycles. The normalized spacial score (nSPS) is 23.2. The number of amides is 2. The van der Waals surface area contributed by atoms with Gasteiger partial charge < -0.3 is 15.3 Å². The summed E-state index contributed by atoms with van der Waals surface area (Å²) in [6.45, 7) is 9.33. The number of nitrogens with zero attached hydrogens (tertiary/aromatic N) is 1. The maximum absolute atomic E-state index is 12.2. The van der Waals surface area contributed by atoms with E-state index in [1.54, 1.807) is 16.7 Å². The van der Waals surface area contributed by atoms with Crippen LogP contribution in [0.5, 0.6) is 0 Å². The monoisotopic (exact) mass is 302 g/mol. The number of carboxylic acid groups (broad SMARTS) is 1. The largest absolute Gasteiger partial charge is 0.481 e. The summed E-state index contributed by atoms with van der Waals surface area (Å²) in [5.74, 6) is -0.785. The predicted molar refractivity (Wildman–Crippen MR) is 82.1 cm³/mol. The Kier molecular flexibility index (Phi) is 5.35. The average Bonchev–Trinajstić information content (AvgIpc) is 2.82. The van der Waals surface area contributed by atoms with Crippen molar-refractivity contribution in [1.29, 1.82) is 0 Å². The number of carbonyl (C=O) groups is 2. The van der Waals surface area contributed by atoms with Gasteiger partial charge in [-0.1, -0.05) is 13.8 Å². The SMILES string of the molecule is CSC(C)(C)CNC(=O)N1CCC(C(=O)O)(C(C)C)C1. The molecule has 6 heteroatoms. The average molecular weight is 302 g/mol. The second kappa shape index (κ2) is 6.24. The molecule has 1 unspecified atom stereocenters. The van der Waals surface area contributed by atoms with E-state index in [4.69, 9.17) is 0 Å². The van der Waals surface area contributed by atoms with Gasteiger partial charge in [-0.2, -0.15) is 11.8 Å². The van der Waals surface area contributed by atoms with Crippen LogP contribution in [0.1, 0.15) is 34.1 Å². The molecule has 1 atom stereocenters. The zero-order valence-electron chi connectivity index (χ0n) is 13.0. The Morgan fingerprint density at radius 2 is 2.05 bits per heavy atom. The summed E-state index contributed by atoms with van der Waals surface area (Å²) in [6.07, 6.45) is 2.54. The minimum atomic E-state index is -0.799. The van der Waals surface area contributed by atoms with Crippen molar-refractivity contribution in [1.82, 2.24) is 10.2 Å². The second-order valence-corrected chi connectivity index (χ2v) is 7.92. The lowest BCUT2D eigenvalue weighted by Gasteiger charge is -2.29. The van der Waals surface area contributed by atoms with Gasteiger partial charge in [0.15, 0.2) is 0 Å². The third-order valence-corrected chi connectivity index (χ3v) is 5.59. The highest BCUT2D eigenvalue weighted by atomic mass is 32.2. The molecule has 1 saturated heterocycles. The standard InChI is InChI=1S/C14H26N2O3S/c1-10(2)14(11(17)18)6-7-16(9-14)12(19)15-8-13(3,4)20-5/h10H,6-9H2,1-5H3,(H,15,19)(H,17,18). The molecule has 0 aromatic rings. The fraction of sp³-hybridized carbons (Fsp3) is 0.857. The Balaban J connectivity index is 2.63. The third-order valence-electron chi connectivity index (χ3n) is 4.34. The molecule has 0 aromatic heterocycles. The molecule has 0 saturated carbocycles. The number of carbonyl (C=O) groups excluding carboxylic acids is 1. The van der Waals surface area contributed by atoms with Crippen molar-refractivity contribution in [2.24, 2.45) is 11.3 Å². The summed E-state index contributed by atoms with van der Waals surface area (Å²) in [4.78, 5) is 25.3. The van der Waals surface area contributed by atoms with E-state index in [-0.39, 0.29) is 16.7 Å². The summed E-state index contributed by atoms with van der Waals surface area (Å²) < 4.78 is -0.0165. The summed E-state index contributed by atoms with van der Waals surface area (Å²) in [6, 6.07) is -0.157. The van der Waals surface area contributed by atoms with Crippen LogP contribution in [-0.2, 0) is 4.79 Å². The molecule has 1 aliphatic rings. The molecule has 2 N–H and O–H groups in total. The lowest BCUT2D eigenvalue weighted by molar-refractivity contribution is -0.150. The smallest absolute Gasteiger partial charge is 0.317 e. The van der Waals surface area contributed by atoms with Gasteiger partial charge in [0, 0.05) is 24.4 Å². The molecule has 1 rings (SSSR count). The van der Waals surface area contributed by atoms with Crippen molar-refractivity contribution in [2.45, 2.75) is 38.9 Å². The van der Waals surface area contributed by atoms with Crippen molar-refractivity contribution in [3.8, 4) is 0 Å². The molecule has 1 fully saturated rings. The first-order valence-corrected chi connectivity index (χ1v) is 8.18. The van der Waals surface area contributed by atoms with Gasteiger partial charge in [0.2, 0.25) is 0 Å². The van der Waals surface area contributed by atoms with Crippen LogP contribution in [0.2, 0.25) is 0 Å². The number of carboxylic acids is 1. The van der Waals surface area contributed by atoms with Crippen molar-refractivity contribution in [3.05, 3.63) is 0 Å². The molecule has 0 aliphatic carbocycles. The van der Waals surface area contributed by atoms with Gasteiger partial charge in [-0.3, -0.25) is 4.79 Å². The predicted octanol–water partition coefficient (Wildman–Crippen LogP) is 2.27. The highest BCUT2D eigenvalue weighted by molar-refractivity contribution is 7.99. The molecule has 0 aromatic carbocycles. The summed E-state index contributed by atoms with van der Waals surface area (Å²) in [7, 11) is 0. The third kappa shape index (κ3) is 3.59. The molecule has 0 spiro atoms. The van der Waals surface area contributed by atoms with Crippen LogP contribution in [0, 0.1) is 11.3 Å². The summed E-state index contributed by atoms with van der Waals surface area (Å²) >= 11 is 1.69. The van der Waals surface area contributed by atoms with E-state index in [0.717, 1.165) is 0 Å². The van der Waals surface area contributed by atoms with E-state index in [1.807, 2.05) is 20.1 Å². The number of aliphatic carboxylic acids is 1. The first-order chi connectivity index (χ1) is 9.14. The topological polar surface area (TPSA) is 69.6 Å². The van der Waals surface area contributed by atoms with Crippen LogP contribution in [0.25, 0.3) is 0 Å². The molecule has 116 valence electrons. The fourth-order valence-electron chi connectivity index (χ4n) is 2.37. The van der Waals surface area contributed by atoms with Gasteiger partial charge in [-0.25, -0.2) is 4.79 Å². The number of urea groups is 1. The number of rotatable bonds is 5. The van der Waals surface area contributed by atoms with Gasteiger partial charge in [0.1, 0.15) is 0 Å². The van der Waals surface area contributed by atoms with Crippen molar-refractivity contribution >= 4 is 23.8 Å². The lowest BCUT2D eigenvalue weighted by Crippen LogP contribution is -2.46. The molecular weight excluding hydrogens is 276 g/mol. The van der Waals surface area contributed by atoms with Crippen LogP contribution in [0.4, 0.5) is 4.79 Å².